The molecule has 142 valence electrons. The molecule has 5 heteroatoms. The van der Waals surface area contributed by atoms with Crippen LogP contribution in [0.15, 0.2) is 76.1 Å². The van der Waals surface area contributed by atoms with E-state index in [-0.39, 0.29) is 30.3 Å². The maximum Gasteiger partial charge on any atom is 0.345 e. The molecule has 5 nitrogen and oxygen atoms in total. The van der Waals surface area contributed by atoms with Gasteiger partial charge in [-0.3, -0.25) is 4.79 Å². The van der Waals surface area contributed by atoms with E-state index >= 15 is 0 Å². The van der Waals surface area contributed by atoms with Crippen molar-refractivity contribution in [3.8, 4) is 5.75 Å². The van der Waals surface area contributed by atoms with E-state index in [2.05, 4.69) is 0 Å². The predicted octanol–water partition coefficient (Wildman–Crippen LogP) is 4.57. The predicted molar refractivity (Wildman–Crippen MR) is 107 cm³/mol. The van der Waals surface area contributed by atoms with Crippen molar-refractivity contribution in [1.29, 1.82) is 0 Å². The third-order valence-electron chi connectivity index (χ3n) is 3.93. The molecule has 1 heterocycles. The molecule has 28 heavy (non-hydrogen) atoms. The van der Waals surface area contributed by atoms with Crippen molar-refractivity contribution in [3.05, 3.63) is 99.6 Å². The van der Waals surface area contributed by atoms with E-state index in [1.165, 1.54) is 0 Å². The molecule has 0 unspecified atom stereocenters. The first-order valence-electron chi connectivity index (χ1n) is 8.92. The number of rotatable bonds is 7. The summed E-state index contributed by atoms with van der Waals surface area (Å²) >= 11 is 0. The number of esters is 1. The third kappa shape index (κ3) is 4.76. The lowest BCUT2D eigenvalue weighted by molar-refractivity contribution is 0.0521. The number of carbonyl (C=O) groups excluding carboxylic acids is 1. The maximum absolute atomic E-state index is 12.8. The summed E-state index contributed by atoms with van der Waals surface area (Å²) in [5, 5.41) is 0. The van der Waals surface area contributed by atoms with Crippen LogP contribution >= 0.6 is 0 Å². The highest BCUT2D eigenvalue weighted by Gasteiger charge is 2.20. The molecule has 0 radical (unpaired) electrons. The molecule has 0 fully saturated rings. The van der Waals surface area contributed by atoms with Crippen molar-refractivity contribution in [3.63, 3.8) is 0 Å². The molecule has 3 aromatic rings. The Morgan fingerprint density at radius 2 is 1.68 bits per heavy atom. The molecule has 0 amide bonds. The SMILES string of the molecule is CCOC(=O)c1coc(/C=C/c2ccccc2)c(OCc2ccccc2)c1=O. The van der Waals surface area contributed by atoms with E-state index in [0.717, 1.165) is 17.4 Å². The average Bonchev–Trinajstić information content (AvgIpc) is 2.73. The van der Waals surface area contributed by atoms with Gasteiger partial charge in [-0.1, -0.05) is 66.7 Å². The quantitative estimate of drug-likeness (QED) is 0.565. The lowest BCUT2D eigenvalue weighted by atomic mass is 10.2. The monoisotopic (exact) mass is 376 g/mol. The van der Waals surface area contributed by atoms with E-state index in [1.807, 2.05) is 60.7 Å². The van der Waals surface area contributed by atoms with Gasteiger partial charge < -0.3 is 13.9 Å². The first-order valence-corrected chi connectivity index (χ1v) is 8.92. The molecule has 0 saturated heterocycles. The van der Waals surface area contributed by atoms with E-state index in [1.54, 1.807) is 19.1 Å². The molecule has 0 bridgehead atoms. The topological polar surface area (TPSA) is 65.7 Å². The van der Waals surface area contributed by atoms with Crippen molar-refractivity contribution >= 4 is 18.1 Å². The largest absolute Gasteiger partial charge is 0.481 e. The second-order valence-electron chi connectivity index (χ2n) is 5.91. The number of hydrogen-bond acceptors (Lipinski definition) is 5. The smallest absolute Gasteiger partial charge is 0.345 e. The minimum Gasteiger partial charge on any atom is -0.481 e. The van der Waals surface area contributed by atoms with Crippen LogP contribution in [0.25, 0.3) is 12.2 Å². The average molecular weight is 376 g/mol. The van der Waals surface area contributed by atoms with Gasteiger partial charge in [0.2, 0.25) is 11.2 Å². The first kappa shape index (κ1) is 19.2. The van der Waals surface area contributed by atoms with Crippen LogP contribution in [-0.4, -0.2) is 12.6 Å². The van der Waals surface area contributed by atoms with Gasteiger partial charge in [0.25, 0.3) is 0 Å². The van der Waals surface area contributed by atoms with Gasteiger partial charge in [-0.2, -0.15) is 0 Å². The Balaban J connectivity index is 1.95. The van der Waals surface area contributed by atoms with Crippen molar-refractivity contribution < 1.29 is 18.7 Å². The normalized spacial score (nSPS) is 10.8. The van der Waals surface area contributed by atoms with Gasteiger partial charge in [0.1, 0.15) is 18.4 Å². The van der Waals surface area contributed by atoms with E-state index in [4.69, 9.17) is 13.9 Å². The zero-order valence-corrected chi connectivity index (χ0v) is 15.5. The minimum absolute atomic E-state index is 0.0263. The highest BCUT2D eigenvalue weighted by Crippen LogP contribution is 2.20. The molecular formula is C23H20O5. The number of hydrogen-bond donors (Lipinski definition) is 0. The third-order valence-corrected chi connectivity index (χ3v) is 3.93. The van der Waals surface area contributed by atoms with Gasteiger partial charge in [-0.05, 0) is 24.1 Å². The number of benzene rings is 2. The van der Waals surface area contributed by atoms with Gasteiger partial charge in [0, 0.05) is 0 Å². The summed E-state index contributed by atoms with van der Waals surface area (Å²) in [6.45, 7) is 2.00. The fourth-order valence-electron chi connectivity index (χ4n) is 2.53. The van der Waals surface area contributed by atoms with Gasteiger partial charge >= 0.3 is 5.97 Å². The van der Waals surface area contributed by atoms with Crippen LogP contribution in [0.3, 0.4) is 0 Å². The standard InChI is InChI=1S/C23H20O5/c1-2-26-23(25)19-16-27-20(14-13-17-9-5-3-6-10-17)22(21(19)24)28-15-18-11-7-4-8-12-18/h3-14,16H,2,15H2,1H3/b14-13+. The van der Waals surface area contributed by atoms with Gasteiger partial charge in [-0.15, -0.1) is 0 Å². The van der Waals surface area contributed by atoms with Gasteiger partial charge in [-0.25, -0.2) is 4.79 Å². The van der Waals surface area contributed by atoms with Crippen molar-refractivity contribution in [2.75, 3.05) is 6.61 Å². The van der Waals surface area contributed by atoms with E-state index in [0.29, 0.717) is 0 Å². The Labute approximate surface area is 162 Å². The summed E-state index contributed by atoms with van der Waals surface area (Å²) in [7, 11) is 0. The summed E-state index contributed by atoms with van der Waals surface area (Å²) in [6, 6.07) is 19.0. The van der Waals surface area contributed by atoms with Crippen molar-refractivity contribution in [1.82, 2.24) is 0 Å². The summed E-state index contributed by atoms with van der Waals surface area (Å²) in [5.41, 5.74) is 1.07. The lowest BCUT2D eigenvalue weighted by Gasteiger charge is -2.09. The van der Waals surface area contributed by atoms with Crippen LogP contribution in [0.1, 0.15) is 34.2 Å². The summed E-state index contributed by atoms with van der Waals surface area (Å²) < 4.78 is 16.2. The first-order chi connectivity index (χ1) is 13.7. The molecule has 0 spiro atoms. The Kier molecular flexibility index (Phi) is 6.41. The molecule has 0 saturated carbocycles. The van der Waals surface area contributed by atoms with Crippen LogP contribution in [0, 0.1) is 0 Å². The van der Waals surface area contributed by atoms with E-state index < -0.39 is 11.4 Å². The van der Waals surface area contributed by atoms with Crippen molar-refractivity contribution in [2.45, 2.75) is 13.5 Å². The molecule has 3 rings (SSSR count). The molecule has 1 aromatic heterocycles. The zero-order valence-electron chi connectivity index (χ0n) is 15.5. The fraction of sp³-hybridized carbons (Fsp3) is 0.130. The van der Waals surface area contributed by atoms with Crippen LogP contribution in [-0.2, 0) is 11.3 Å². The van der Waals surface area contributed by atoms with Crippen LogP contribution in [0.4, 0.5) is 0 Å². The van der Waals surface area contributed by atoms with Gasteiger partial charge in [0.05, 0.1) is 6.61 Å². The lowest BCUT2D eigenvalue weighted by Crippen LogP contribution is -2.20. The summed E-state index contributed by atoms with van der Waals surface area (Å²) in [5.74, 6) is -0.529. The highest BCUT2D eigenvalue weighted by molar-refractivity contribution is 5.89. The molecule has 0 atom stereocenters. The molecule has 0 aliphatic heterocycles. The number of ether oxygens (including phenoxy) is 2. The molecule has 2 aromatic carbocycles. The van der Waals surface area contributed by atoms with Crippen LogP contribution in [0.2, 0.25) is 0 Å². The highest BCUT2D eigenvalue weighted by atomic mass is 16.5. The van der Waals surface area contributed by atoms with Crippen LogP contribution < -0.4 is 10.2 Å². The second kappa shape index (κ2) is 9.37. The second-order valence-corrected chi connectivity index (χ2v) is 5.91. The molecule has 0 aliphatic carbocycles. The molecule has 0 N–H and O–H groups in total. The maximum atomic E-state index is 12.8. The summed E-state index contributed by atoms with van der Waals surface area (Å²) in [4.78, 5) is 24.8. The van der Waals surface area contributed by atoms with Gasteiger partial charge in [0.15, 0.2) is 5.76 Å². The zero-order chi connectivity index (χ0) is 19.8. The Morgan fingerprint density at radius 1 is 1.00 bits per heavy atom. The van der Waals surface area contributed by atoms with Crippen molar-refractivity contribution in [2.24, 2.45) is 0 Å². The van der Waals surface area contributed by atoms with Crippen LogP contribution in [0.5, 0.6) is 5.75 Å². The molecule has 0 aliphatic rings. The van der Waals surface area contributed by atoms with E-state index in [9.17, 15) is 9.59 Å². The Hall–Kier alpha value is -3.60. The molecular weight excluding hydrogens is 356 g/mol. The Morgan fingerprint density at radius 3 is 2.36 bits per heavy atom. The summed E-state index contributed by atoms with van der Waals surface area (Å²) in [6.07, 6.45) is 4.56. The Bertz CT molecular complexity index is 1000. The number of carbonyl (C=O) groups is 1. The minimum atomic E-state index is -0.737. The fourth-order valence-corrected chi connectivity index (χ4v) is 2.53.